The first-order valence-corrected chi connectivity index (χ1v) is 11.4. The number of fused-ring (bicyclic) bond motifs is 1. The van der Waals surface area contributed by atoms with Crippen molar-refractivity contribution >= 4 is 30.6 Å². The van der Waals surface area contributed by atoms with Crippen LogP contribution in [0.2, 0.25) is 0 Å². The van der Waals surface area contributed by atoms with Crippen LogP contribution >= 0.6 is 0 Å². The van der Waals surface area contributed by atoms with Gasteiger partial charge >= 0.3 is 0 Å². The highest BCUT2D eigenvalue weighted by Gasteiger charge is 2.20. The third-order valence-electron chi connectivity index (χ3n) is 4.15. The van der Waals surface area contributed by atoms with Crippen molar-refractivity contribution in [2.45, 2.75) is 22.8 Å². The average Bonchev–Trinajstić information content (AvgIpc) is 2.60. The van der Waals surface area contributed by atoms with Gasteiger partial charge < -0.3 is 0 Å². The highest BCUT2D eigenvalue weighted by atomic mass is 32.2. The molecule has 0 heterocycles. The van der Waals surface area contributed by atoms with Crippen LogP contribution in [0.5, 0.6) is 0 Å². The van der Waals surface area contributed by atoms with E-state index < -0.39 is 25.9 Å². The predicted molar refractivity (Wildman–Crippen MR) is 102 cm³/mol. The molecule has 0 bridgehead atoms. The van der Waals surface area contributed by atoms with Gasteiger partial charge in [-0.25, -0.2) is 21.6 Å². The highest BCUT2D eigenvalue weighted by Crippen LogP contribution is 2.23. The van der Waals surface area contributed by atoms with Crippen LogP contribution in [-0.4, -0.2) is 23.1 Å². The SMILES string of the molecule is CC(NS(=O)(=O)c1cccc(S(C)(=O)=O)c1)c1ccc2ccccc2c1. The lowest BCUT2D eigenvalue weighted by atomic mass is 10.0. The molecule has 0 radical (unpaired) electrons. The van der Waals surface area contributed by atoms with Gasteiger partial charge in [0.15, 0.2) is 9.84 Å². The van der Waals surface area contributed by atoms with E-state index in [9.17, 15) is 16.8 Å². The molecule has 0 spiro atoms. The van der Waals surface area contributed by atoms with E-state index in [0.717, 1.165) is 22.6 Å². The van der Waals surface area contributed by atoms with Crippen molar-refractivity contribution in [3.05, 3.63) is 72.3 Å². The molecule has 0 aliphatic carbocycles. The summed E-state index contributed by atoms with van der Waals surface area (Å²) < 4.78 is 51.2. The fraction of sp³-hybridized carbons (Fsp3) is 0.158. The molecule has 0 fully saturated rings. The summed E-state index contributed by atoms with van der Waals surface area (Å²) in [6, 6.07) is 18.5. The van der Waals surface area contributed by atoms with Crippen LogP contribution in [0.3, 0.4) is 0 Å². The molecule has 136 valence electrons. The lowest BCUT2D eigenvalue weighted by molar-refractivity contribution is 0.566. The Hall–Kier alpha value is -2.22. The van der Waals surface area contributed by atoms with Crippen LogP contribution in [0.25, 0.3) is 10.8 Å². The van der Waals surface area contributed by atoms with Gasteiger partial charge in [-0.05, 0) is 47.5 Å². The number of hydrogen-bond acceptors (Lipinski definition) is 4. The van der Waals surface area contributed by atoms with Crippen molar-refractivity contribution in [3.63, 3.8) is 0 Å². The smallest absolute Gasteiger partial charge is 0.224 e. The summed E-state index contributed by atoms with van der Waals surface area (Å²) in [7, 11) is -7.34. The highest BCUT2D eigenvalue weighted by molar-refractivity contribution is 7.91. The number of hydrogen-bond donors (Lipinski definition) is 1. The largest absolute Gasteiger partial charge is 0.241 e. The normalized spacial score (nSPS) is 13.6. The number of sulfone groups is 1. The van der Waals surface area contributed by atoms with Crippen LogP contribution in [0.15, 0.2) is 76.5 Å². The van der Waals surface area contributed by atoms with Gasteiger partial charge in [0, 0.05) is 12.3 Å². The van der Waals surface area contributed by atoms with Crippen LogP contribution in [-0.2, 0) is 19.9 Å². The Morgan fingerprint density at radius 1 is 0.769 bits per heavy atom. The monoisotopic (exact) mass is 389 g/mol. The fourth-order valence-electron chi connectivity index (χ4n) is 2.72. The standard InChI is InChI=1S/C19H19NO4S2/c1-14(16-11-10-15-6-3-4-7-17(15)12-16)20-26(23,24)19-9-5-8-18(13-19)25(2,21)22/h3-14,20H,1-2H3. The maximum absolute atomic E-state index is 12.7. The Bertz CT molecular complexity index is 1170. The van der Waals surface area contributed by atoms with Crippen LogP contribution in [0.1, 0.15) is 18.5 Å². The first-order valence-electron chi connectivity index (χ1n) is 7.98. The Morgan fingerprint density at radius 2 is 1.42 bits per heavy atom. The number of sulfonamides is 1. The van der Waals surface area contributed by atoms with Gasteiger partial charge in [-0.3, -0.25) is 0 Å². The second-order valence-corrected chi connectivity index (χ2v) is 9.93. The number of nitrogens with one attached hydrogen (secondary N) is 1. The van der Waals surface area contributed by atoms with Gasteiger partial charge in [-0.1, -0.05) is 42.5 Å². The predicted octanol–water partition coefficient (Wildman–Crippen LogP) is 3.28. The number of benzene rings is 3. The van der Waals surface area contributed by atoms with Gasteiger partial charge in [-0.2, -0.15) is 0 Å². The van der Waals surface area contributed by atoms with Gasteiger partial charge in [0.25, 0.3) is 0 Å². The van der Waals surface area contributed by atoms with Crippen LogP contribution in [0, 0.1) is 0 Å². The molecule has 3 aromatic carbocycles. The second-order valence-electron chi connectivity index (χ2n) is 6.20. The van der Waals surface area contributed by atoms with Gasteiger partial charge in [0.05, 0.1) is 9.79 Å². The molecule has 26 heavy (non-hydrogen) atoms. The van der Waals surface area contributed by atoms with E-state index in [0.29, 0.717) is 0 Å². The van der Waals surface area contributed by atoms with Crippen molar-refractivity contribution in [1.29, 1.82) is 0 Å². The minimum atomic E-state index is -3.86. The molecule has 5 nitrogen and oxygen atoms in total. The number of rotatable bonds is 5. The molecule has 1 unspecified atom stereocenters. The molecular weight excluding hydrogens is 370 g/mol. The summed E-state index contributed by atoms with van der Waals surface area (Å²) >= 11 is 0. The molecule has 0 aromatic heterocycles. The summed E-state index contributed by atoms with van der Waals surface area (Å²) in [5, 5.41) is 2.10. The zero-order chi connectivity index (χ0) is 18.9. The third-order valence-corrected chi connectivity index (χ3v) is 6.80. The third kappa shape index (κ3) is 3.95. The van der Waals surface area contributed by atoms with Gasteiger partial charge in [0.1, 0.15) is 0 Å². The molecule has 0 aliphatic heterocycles. The fourth-order valence-corrected chi connectivity index (χ4v) is 4.74. The van der Waals surface area contributed by atoms with E-state index in [1.165, 1.54) is 24.3 Å². The minimum absolute atomic E-state index is 0.0290. The zero-order valence-corrected chi connectivity index (χ0v) is 16.0. The summed E-state index contributed by atoms with van der Waals surface area (Å²) in [6.45, 7) is 1.75. The maximum atomic E-state index is 12.7. The summed E-state index contributed by atoms with van der Waals surface area (Å²) in [4.78, 5) is -0.105. The Labute approximate surface area is 153 Å². The van der Waals surface area contributed by atoms with Crippen molar-refractivity contribution in [1.82, 2.24) is 4.72 Å². The molecule has 0 amide bonds. The van der Waals surface area contributed by atoms with Crippen LogP contribution < -0.4 is 4.72 Å². The molecule has 7 heteroatoms. The van der Waals surface area contributed by atoms with Crippen molar-refractivity contribution in [2.75, 3.05) is 6.26 Å². The van der Waals surface area contributed by atoms with E-state index >= 15 is 0 Å². The summed E-state index contributed by atoms with van der Waals surface area (Å²) in [6.07, 6.45) is 1.05. The molecular formula is C19H19NO4S2. The lowest BCUT2D eigenvalue weighted by Gasteiger charge is -2.16. The molecule has 1 atom stereocenters. The molecule has 0 saturated carbocycles. The Kier molecular flexibility index (Phi) is 4.88. The van der Waals surface area contributed by atoms with Crippen molar-refractivity contribution in [3.8, 4) is 0 Å². The molecule has 0 aliphatic rings. The quantitative estimate of drug-likeness (QED) is 0.726. The average molecular weight is 389 g/mol. The van der Waals surface area contributed by atoms with E-state index in [-0.39, 0.29) is 9.79 Å². The summed E-state index contributed by atoms with van der Waals surface area (Å²) in [5.41, 5.74) is 0.826. The second kappa shape index (κ2) is 6.83. The van der Waals surface area contributed by atoms with E-state index in [1.807, 2.05) is 42.5 Å². The molecule has 3 rings (SSSR count). The molecule has 3 aromatic rings. The van der Waals surface area contributed by atoms with Crippen molar-refractivity contribution in [2.24, 2.45) is 0 Å². The Balaban J connectivity index is 1.91. The lowest BCUT2D eigenvalue weighted by Crippen LogP contribution is -2.27. The van der Waals surface area contributed by atoms with Crippen LogP contribution in [0.4, 0.5) is 0 Å². The Morgan fingerprint density at radius 3 is 2.12 bits per heavy atom. The molecule has 1 N–H and O–H groups in total. The van der Waals surface area contributed by atoms with Gasteiger partial charge in [-0.15, -0.1) is 0 Å². The topological polar surface area (TPSA) is 80.3 Å². The van der Waals surface area contributed by atoms with E-state index in [1.54, 1.807) is 6.92 Å². The zero-order valence-electron chi connectivity index (χ0n) is 14.4. The summed E-state index contributed by atoms with van der Waals surface area (Å²) in [5.74, 6) is 0. The first kappa shape index (κ1) is 18.6. The van der Waals surface area contributed by atoms with Crippen molar-refractivity contribution < 1.29 is 16.8 Å². The van der Waals surface area contributed by atoms with E-state index in [4.69, 9.17) is 0 Å². The first-order chi connectivity index (χ1) is 12.2. The minimum Gasteiger partial charge on any atom is -0.224 e. The van der Waals surface area contributed by atoms with Gasteiger partial charge in [0.2, 0.25) is 10.0 Å². The molecule has 0 saturated heterocycles. The van der Waals surface area contributed by atoms with E-state index in [2.05, 4.69) is 4.72 Å². The maximum Gasteiger partial charge on any atom is 0.241 e.